The minimum absolute atomic E-state index is 0.168. The predicted molar refractivity (Wildman–Crippen MR) is 112 cm³/mol. The van der Waals surface area contributed by atoms with E-state index in [-0.39, 0.29) is 13.2 Å². The number of aliphatic hydroxyl groups excluding tert-OH is 4. The lowest BCUT2D eigenvalue weighted by atomic mass is 9.93. The van der Waals surface area contributed by atoms with Crippen LogP contribution >= 0.6 is 15.9 Å². The molecule has 154 valence electrons. The number of β-amino-alcohol motifs (C(OH)–C–C–N with tert-alkyl or cyclic N) is 1. The summed E-state index contributed by atoms with van der Waals surface area (Å²) in [4.78, 5) is 1.78. The van der Waals surface area contributed by atoms with Crippen LogP contribution in [0, 0.1) is 11.3 Å². The van der Waals surface area contributed by atoms with Crippen LogP contribution in [0.2, 0.25) is 0 Å². The molecule has 1 aliphatic rings. The van der Waals surface area contributed by atoms with Crippen molar-refractivity contribution >= 4 is 21.6 Å². The molecule has 29 heavy (non-hydrogen) atoms. The molecule has 0 radical (unpaired) electrons. The topological polar surface area (TPSA) is 120 Å². The molecule has 7 nitrogen and oxygen atoms in total. The van der Waals surface area contributed by atoms with Crippen molar-refractivity contribution in [3.63, 3.8) is 0 Å². The third kappa shape index (κ3) is 5.34. The lowest BCUT2D eigenvalue weighted by molar-refractivity contribution is -0.147. The molecule has 3 rings (SSSR count). The van der Waals surface area contributed by atoms with Gasteiger partial charge in [0.2, 0.25) is 0 Å². The molecule has 0 amide bonds. The second-order valence-electron chi connectivity index (χ2n) is 7.24. The summed E-state index contributed by atoms with van der Waals surface area (Å²) in [5.41, 5.74) is 3.39. The molecule has 4 atom stereocenters. The Bertz CT molecular complexity index is 888. The van der Waals surface area contributed by atoms with E-state index in [1.54, 1.807) is 17.0 Å². The quantitative estimate of drug-likeness (QED) is 0.438. The van der Waals surface area contributed by atoms with E-state index in [9.17, 15) is 20.4 Å². The lowest BCUT2D eigenvalue weighted by Crippen LogP contribution is -2.62. The van der Waals surface area contributed by atoms with E-state index in [1.807, 2.05) is 30.3 Å². The maximum absolute atomic E-state index is 10.1. The van der Waals surface area contributed by atoms with Gasteiger partial charge in [-0.05, 0) is 29.3 Å². The summed E-state index contributed by atoms with van der Waals surface area (Å²) in [6, 6.07) is 14.8. The zero-order valence-electron chi connectivity index (χ0n) is 15.7. The number of hydrogen-bond acceptors (Lipinski definition) is 7. The van der Waals surface area contributed by atoms with Crippen molar-refractivity contribution in [2.45, 2.75) is 37.4 Å². The third-order valence-corrected chi connectivity index (χ3v) is 5.57. The Labute approximate surface area is 178 Å². The second-order valence-corrected chi connectivity index (χ2v) is 8.16. The Morgan fingerprint density at radius 1 is 1.10 bits per heavy atom. The van der Waals surface area contributed by atoms with E-state index in [2.05, 4.69) is 27.3 Å². The normalized spacial score (nSPS) is 24.8. The van der Waals surface area contributed by atoms with Gasteiger partial charge in [0.05, 0.1) is 30.4 Å². The van der Waals surface area contributed by atoms with Gasteiger partial charge in [-0.15, -0.1) is 0 Å². The molecule has 0 bridgehead atoms. The molecule has 0 aliphatic carbocycles. The van der Waals surface area contributed by atoms with Crippen LogP contribution < -0.4 is 5.32 Å². The molecule has 2 aromatic rings. The lowest BCUT2D eigenvalue weighted by Gasteiger charge is -2.43. The molecule has 0 saturated carbocycles. The monoisotopic (exact) mass is 461 g/mol. The van der Waals surface area contributed by atoms with Crippen LogP contribution in [-0.2, 0) is 13.1 Å². The van der Waals surface area contributed by atoms with Crippen LogP contribution in [0.25, 0.3) is 0 Å². The van der Waals surface area contributed by atoms with E-state index in [0.29, 0.717) is 18.7 Å². The standard InChI is InChI=1S/C21H24BrN3O4/c22-16-5-15(8-23)6-17(7-16)24-9-13-2-1-3-14(4-13)10-25-11-19(27)21(29)20(28)18(25)12-26/h1-7,18-21,24,26-29H,9-12H2/t18-,19+,20-,21-/m1/s1. The van der Waals surface area contributed by atoms with Crippen LogP contribution in [0.5, 0.6) is 0 Å². The number of rotatable bonds is 6. The van der Waals surface area contributed by atoms with Crippen LogP contribution in [0.15, 0.2) is 46.9 Å². The molecule has 5 N–H and O–H groups in total. The number of likely N-dealkylation sites (tertiary alicyclic amines) is 1. The first-order valence-corrected chi connectivity index (χ1v) is 10.1. The summed E-state index contributed by atoms with van der Waals surface area (Å²) >= 11 is 3.40. The molecule has 1 heterocycles. The average Bonchev–Trinajstić information content (AvgIpc) is 2.71. The maximum atomic E-state index is 10.1. The molecular weight excluding hydrogens is 438 g/mol. The fourth-order valence-electron chi connectivity index (χ4n) is 3.59. The van der Waals surface area contributed by atoms with Gasteiger partial charge in [0, 0.05) is 29.8 Å². The minimum Gasteiger partial charge on any atom is -0.395 e. The Kier molecular flexibility index (Phi) is 7.24. The van der Waals surface area contributed by atoms with E-state index in [1.165, 1.54) is 0 Å². The number of piperidine rings is 1. The van der Waals surface area contributed by atoms with Gasteiger partial charge in [-0.3, -0.25) is 4.90 Å². The SMILES string of the molecule is N#Cc1cc(Br)cc(NCc2cccc(CN3C[C@H](O)[C@@H](O)[C@H](O)[C@H]3CO)c2)c1. The Morgan fingerprint density at radius 2 is 1.86 bits per heavy atom. The van der Waals surface area contributed by atoms with Crippen LogP contribution in [0.3, 0.4) is 0 Å². The number of aliphatic hydroxyl groups is 4. The van der Waals surface area contributed by atoms with Gasteiger partial charge in [0.15, 0.2) is 0 Å². The predicted octanol–water partition coefficient (Wildman–Crippen LogP) is 1.19. The minimum atomic E-state index is -1.26. The van der Waals surface area contributed by atoms with E-state index in [0.717, 1.165) is 21.3 Å². The van der Waals surface area contributed by atoms with Crippen molar-refractivity contribution in [2.24, 2.45) is 0 Å². The van der Waals surface area contributed by atoms with Crippen molar-refractivity contribution in [2.75, 3.05) is 18.5 Å². The second kappa shape index (κ2) is 9.67. The summed E-state index contributed by atoms with van der Waals surface area (Å²) < 4.78 is 0.826. The van der Waals surface area contributed by atoms with Crippen molar-refractivity contribution in [3.8, 4) is 6.07 Å². The first-order valence-electron chi connectivity index (χ1n) is 9.32. The summed E-state index contributed by atoms with van der Waals surface area (Å²) in [7, 11) is 0. The Morgan fingerprint density at radius 3 is 2.59 bits per heavy atom. The number of anilines is 1. The molecule has 1 fully saturated rings. The largest absolute Gasteiger partial charge is 0.395 e. The molecule has 2 aromatic carbocycles. The number of nitrogens with zero attached hydrogens (tertiary/aromatic N) is 2. The zero-order valence-corrected chi connectivity index (χ0v) is 17.3. The highest BCUT2D eigenvalue weighted by atomic mass is 79.9. The molecule has 0 spiro atoms. The van der Waals surface area contributed by atoms with Crippen molar-refractivity contribution in [1.29, 1.82) is 5.26 Å². The summed E-state index contributed by atoms with van der Waals surface area (Å²) in [6.07, 6.45) is -3.54. The van der Waals surface area contributed by atoms with Crippen molar-refractivity contribution in [3.05, 3.63) is 63.6 Å². The van der Waals surface area contributed by atoms with E-state index < -0.39 is 24.4 Å². The smallest absolute Gasteiger partial charge is 0.109 e. The van der Waals surface area contributed by atoms with Gasteiger partial charge >= 0.3 is 0 Å². The highest BCUT2D eigenvalue weighted by molar-refractivity contribution is 9.10. The van der Waals surface area contributed by atoms with Gasteiger partial charge in [0.1, 0.15) is 12.2 Å². The van der Waals surface area contributed by atoms with Gasteiger partial charge in [-0.2, -0.15) is 5.26 Å². The molecule has 0 unspecified atom stereocenters. The molecular formula is C21H24BrN3O4. The van der Waals surface area contributed by atoms with Crippen molar-refractivity contribution < 1.29 is 20.4 Å². The molecule has 1 saturated heterocycles. The summed E-state index contributed by atoms with van der Waals surface area (Å²) in [6.45, 7) is 0.842. The average molecular weight is 462 g/mol. The first-order chi connectivity index (χ1) is 13.9. The number of hydrogen-bond donors (Lipinski definition) is 5. The van der Waals surface area contributed by atoms with Crippen LogP contribution in [0.4, 0.5) is 5.69 Å². The summed E-state index contributed by atoms with van der Waals surface area (Å²) in [5.74, 6) is 0. The van der Waals surface area contributed by atoms with E-state index in [4.69, 9.17) is 5.26 Å². The Balaban J connectivity index is 1.68. The molecule has 1 aliphatic heterocycles. The van der Waals surface area contributed by atoms with Crippen LogP contribution in [0.1, 0.15) is 16.7 Å². The zero-order chi connectivity index (χ0) is 21.0. The Hall–Kier alpha value is -1.99. The first kappa shape index (κ1) is 21.7. The maximum Gasteiger partial charge on any atom is 0.109 e. The van der Waals surface area contributed by atoms with Crippen molar-refractivity contribution in [1.82, 2.24) is 4.90 Å². The van der Waals surface area contributed by atoms with Gasteiger partial charge < -0.3 is 25.7 Å². The number of nitriles is 1. The molecule has 0 aromatic heterocycles. The van der Waals surface area contributed by atoms with Crippen LogP contribution in [-0.4, -0.2) is 62.8 Å². The highest BCUT2D eigenvalue weighted by Crippen LogP contribution is 2.23. The number of nitrogens with one attached hydrogen (secondary N) is 1. The number of benzene rings is 2. The van der Waals surface area contributed by atoms with Gasteiger partial charge in [-0.1, -0.05) is 40.2 Å². The van der Waals surface area contributed by atoms with E-state index >= 15 is 0 Å². The summed E-state index contributed by atoms with van der Waals surface area (Å²) in [5, 5.41) is 51.9. The van der Waals surface area contributed by atoms with Gasteiger partial charge in [-0.25, -0.2) is 0 Å². The third-order valence-electron chi connectivity index (χ3n) is 5.12. The van der Waals surface area contributed by atoms with Gasteiger partial charge in [0.25, 0.3) is 0 Å². The molecule has 8 heteroatoms. The highest BCUT2D eigenvalue weighted by Gasteiger charge is 2.40. The fraction of sp³-hybridized carbons (Fsp3) is 0.381. The fourth-order valence-corrected chi connectivity index (χ4v) is 4.09. The number of halogens is 1.